The molecule has 2 N–H and O–H groups in total. The molecule has 0 fully saturated rings. The number of aryl methyl sites for hydroxylation is 2. The number of fused-ring (bicyclic) bond motifs is 1. The number of rotatable bonds is 5. The molecule has 2 aromatic rings. The number of oxazole rings is 1. The van der Waals surface area contributed by atoms with Crippen LogP contribution in [0.3, 0.4) is 0 Å². The Labute approximate surface area is 108 Å². The van der Waals surface area contributed by atoms with Crippen molar-refractivity contribution < 1.29 is 4.42 Å². The van der Waals surface area contributed by atoms with E-state index < -0.39 is 0 Å². The van der Waals surface area contributed by atoms with Crippen molar-refractivity contribution >= 4 is 11.2 Å². The van der Waals surface area contributed by atoms with E-state index in [0.29, 0.717) is 5.65 Å². The molecule has 18 heavy (non-hydrogen) atoms. The van der Waals surface area contributed by atoms with E-state index in [1.54, 1.807) is 0 Å². The number of pyridine rings is 1. The molecule has 0 radical (unpaired) electrons. The first-order valence-electron chi connectivity index (χ1n) is 6.43. The highest BCUT2D eigenvalue weighted by Crippen LogP contribution is 2.26. The van der Waals surface area contributed by atoms with Crippen molar-refractivity contribution in [2.75, 3.05) is 6.54 Å². The first kappa shape index (κ1) is 13.0. The lowest BCUT2D eigenvalue weighted by atomic mass is 9.84. The van der Waals surface area contributed by atoms with Crippen LogP contribution in [-0.2, 0) is 6.42 Å². The molecule has 0 aliphatic rings. The van der Waals surface area contributed by atoms with Gasteiger partial charge in [-0.25, -0.2) is 4.98 Å². The summed E-state index contributed by atoms with van der Waals surface area (Å²) in [6.45, 7) is 7.13. The third-order valence-corrected chi connectivity index (χ3v) is 3.27. The molecule has 0 atom stereocenters. The van der Waals surface area contributed by atoms with Crippen LogP contribution in [0.5, 0.6) is 0 Å². The van der Waals surface area contributed by atoms with Gasteiger partial charge in [0, 0.05) is 12.1 Å². The maximum Gasteiger partial charge on any atom is 0.199 e. The molecule has 0 aliphatic carbocycles. The zero-order valence-electron chi connectivity index (χ0n) is 11.4. The Hall–Kier alpha value is -1.42. The molecule has 0 saturated carbocycles. The molecule has 0 unspecified atom stereocenters. The van der Waals surface area contributed by atoms with Crippen molar-refractivity contribution in [1.29, 1.82) is 0 Å². The van der Waals surface area contributed by atoms with Gasteiger partial charge in [0.25, 0.3) is 0 Å². The summed E-state index contributed by atoms with van der Waals surface area (Å²) >= 11 is 0. The summed E-state index contributed by atoms with van der Waals surface area (Å²) < 4.78 is 5.69. The molecular formula is C14H21N3O. The zero-order chi connectivity index (χ0) is 13.2. The summed E-state index contributed by atoms with van der Waals surface area (Å²) in [5, 5.41) is 0. The molecule has 0 amide bonds. The lowest BCUT2D eigenvalue weighted by Gasteiger charge is -2.22. The maximum atomic E-state index is 5.69. The molecule has 4 nitrogen and oxygen atoms in total. The van der Waals surface area contributed by atoms with Crippen LogP contribution in [0.2, 0.25) is 0 Å². The second kappa shape index (κ2) is 5.06. The van der Waals surface area contributed by atoms with Crippen LogP contribution in [0, 0.1) is 12.3 Å². The topological polar surface area (TPSA) is 64.9 Å². The van der Waals surface area contributed by atoms with Gasteiger partial charge in [-0.2, -0.15) is 4.98 Å². The number of aromatic nitrogens is 2. The van der Waals surface area contributed by atoms with Crippen molar-refractivity contribution in [2.24, 2.45) is 11.1 Å². The van der Waals surface area contributed by atoms with E-state index >= 15 is 0 Å². The Morgan fingerprint density at radius 3 is 2.72 bits per heavy atom. The van der Waals surface area contributed by atoms with Crippen molar-refractivity contribution in [3.63, 3.8) is 0 Å². The van der Waals surface area contributed by atoms with Crippen LogP contribution in [-0.4, -0.2) is 16.5 Å². The van der Waals surface area contributed by atoms with Gasteiger partial charge in [0.2, 0.25) is 0 Å². The second-order valence-electron chi connectivity index (χ2n) is 5.58. The minimum absolute atomic E-state index is 0.235. The summed E-state index contributed by atoms with van der Waals surface area (Å²) in [7, 11) is 0. The third-order valence-electron chi connectivity index (χ3n) is 3.27. The SMILES string of the molecule is Cc1ccc2oc(CCC(C)(C)CCN)nc2n1. The van der Waals surface area contributed by atoms with Crippen LogP contribution in [0.4, 0.5) is 0 Å². The fourth-order valence-electron chi connectivity index (χ4n) is 2.03. The predicted octanol–water partition coefficient (Wildman–Crippen LogP) is 2.84. The van der Waals surface area contributed by atoms with Gasteiger partial charge in [0.1, 0.15) is 0 Å². The van der Waals surface area contributed by atoms with E-state index in [9.17, 15) is 0 Å². The van der Waals surface area contributed by atoms with E-state index in [1.807, 2.05) is 19.1 Å². The van der Waals surface area contributed by atoms with Crippen molar-refractivity contribution in [3.8, 4) is 0 Å². The summed E-state index contributed by atoms with van der Waals surface area (Å²) in [6.07, 6.45) is 2.88. The maximum absolute atomic E-state index is 5.69. The molecule has 2 rings (SSSR count). The fourth-order valence-corrected chi connectivity index (χ4v) is 2.03. The molecule has 0 spiro atoms. The average Bonchev–Trinajstić information content (AvgIpc) is 2.68. The average molecular weight is 247 g/mol. The first-order valence-corrected chi connectivity index (χ1v) is 6.43. The van der Waals surface area contributed by atoms with Crippen LogP contribution in [0.15, 0.2) is 16.5 Å². The van der Waals surface area contributed by atoms with Gasteiger partial charge in [0.05, 0.1) is 0 Å². The van der Waals surface area contributed by atoms with Gasteiger partial charge < -0.3 is 10.2 Å². The van der Waals surface area contributed by atoms with Crippen LogP contribution >= 0.6 is 0 Å². The van der Waals surface area contributed by atoms with Gasteiger partial charge in [-0.1, -0.05) is 13.8 Å². The van der Waals surface area contributed by atoms with E-state index in [2.05, 4.69) is 23.8 Å². The molecule has 0 aliphatic heterocycles. The van der Waals surface area contributed by atoms with Crippen molar-refractivity contribution in [3.05, 3.63) is 23.7 Å². The quantitative estimate of drug-likeness (QED) is 0.882. The monoisotopic (exact) mass is 247 g/mol. The fraction of sp³-hybridized carbons (Fsp3) is 0.571. The van der Waals surface area contributed by atoms with Gasteiger partial charge in [-0.3, -0.25) is 0 Å². The Bertz CT molecular complexity index is 531. The largest absolute Gasteiger partial charge is 0.439 e. The summed E-state index contributed by atoms with van der Waals surface area (Å²) in [4.78, 5) is 8.78. The summed E-state index contributed by atoms with van der Waals surface area (Å²) in [5.74, 6) is 0.771. The Morgan fingerprint density at radius 2 is 2.00 bits per heavy atom. The third kappa shape index (κ3) is 3.07. The number of hydrogen-bond donors (Lipinski definition) is 1. The van der Waals surface area contributed by atoms with Gasteiger partial charge >= 0.3 is 0 Å². The van der Waals surface area contributed by atoms with E-state index in [0.717, 1.165) is 43.0 Å². The summed E-state index contributed by atoms with van der Waals surface area (Å²) in [6, 6.07) is 3.87. The lowest BCUT2D eigenvalue weighted by Crippen LogP contribution is -2.17. The first-order chi connectivity index (χ1) is 8.50. The van der Waals surface area contributed by atoms with Crippen molar-refractivity contribution in [1.82, 2.24) is 9.97 Å². The van der Waals surface area contributed by atoms with E-state index in [1.165, 1.54) is 0 Å². The molecule has 0 saturated heterocycles. The Balaban J connectivity index is 2.08. The van der Waals surface area contributed by atoms with Crippen LogP contribution in [0.25, 0.3) is 11.2 Å². The zero-order valence-corrected chi connectivity index (χ0v) is 11.4. The molecule has 2 heterocycles. The van der Waals surface area contributed by atoms with Crippen molar-refractivity contribution in [2.45, 2.75) is 40.0 Å². The van der Waals surface area contributed by atoms with E-state index in [-0.39, 0.29) is 5.41 Å². The Morgan fingerprint density at radius 1 is 1.22 bits per heavy atom. The predicted molar refractivity (Wildman–Crippen MR) is 72.3 cm³/mol. The highest BCUT2D eigenvalue weighted by Gasteiger charge is 2.18. The normalized spacial score (nSPS) is 12.2. The highest BCUT2D eigenvalue weighted by molar-refractivity contribution is 5.67. The van der Waals surface area contributed by atoms with Gasteiger partial charge in [-0.05, 0) is 43.9 Å². The Kier molecular flexibility index (Phi) is 3.66. The van der Waals surface area contributed by atoms with E-state index in [4.69, 9.17) is 10.2 Å². The molecule has 98 valence electrons. The minimum atomic E-state index is 0.235. The molecule has 0 aromatic carbocycles. The van der Waals surface area contributed by atoms with Crippen LogP contribution < -0.4 is 5.73 Å². The van der Waals surface area contributed by atoms with Gasteiger partial charge in [-0.15, -0.1) is 0 Å². The molecule has 2 aromatic heterocycles. The standard InChI is InChI=1S/C14H21N3O/c1-10-4-5-11-13(16-10)17-12(18-11)6-7-14(2,3)8-9-15/h4-5H,6-9,15H2,1-3H3. The van der Waals surface area contributed by atoms with Gasteiger partial charge in [0.15, 0.2) is 17.1 Å². The smallest absolute Gasteiger partial charge is 0.199 e. The lowest BCUT2D eigenvalue weighted by molar-refractivity contribution is 0.302. The number of hydrogen-bond acceptors (Lipinski definition) is 4. The second-order valence-corrected chi connectivity index (χ2v) is 5.58. The number of nitrogens with two attached hydrogens (primary N) is 1. The highest BCUT2D eigenvalue weighted by atomic mass is 16.3. The molecule has 0 bridgehead atoms. The molecular weight excluding hydrogens is 226 g/mol. The molecule has 4 heteroatoms. The minimum Gasteiger partial charge on any atom is -0.439 e. The van der Waals surface area contributed by atoms with Crippen LogP contribution in [0.1, 0.15) is 38.3 Å². The summed E-state index contributed by atoms with van der Waals surface area (Å²) in [5.41, 5.74) is 8.29. The number of nitrogens with zero attached hydrogens (tertiary/aromatic N) is 2.